The summed E-state index contributed by atoms with van der Waals surface area (Å²) in [5.74, 6) is -0.260. The number of piperidine rings is 1. The van der Waals surface area contributed by atoms with Crippen LogP contribution in [0.2, 0.25) is 0 Å². The molecule has 0 aliphatic carbocycles. The zero-order valence-corrected chi connectivity index (χ0v) is 12.4. The highest BCUT2D eigenvalue weighted by Crippen LogP contribution is 2.34. The first-order chi connectivity index (χ1) is 9.80. The minimum Gasteiger partial charge on any atom is -0.347 e. The van der Waals surface area contributed by atoms with E-state index in [4.69, 9.17) is 9.47 Å². The molecule has 110 valence electrons. The number of rotatable bonds is 4. The second-order valence-corrected chi connectivity index (χ2v) is 5.95. The van der Waals surface area contributed by atoms with E-state index in [1.165, 1.54) is 5.56 Å². The Morgan fingerprint density at radius 3 is 2.60 bits per heavy atom. The third kappa shape index (κ3) is 3.22. The van der Waals surface area contributed by atoms with Crippen LogP contribution < -0.4 is 0 Å². The van der Waals surface area contributed by atoms with Crippen LogP contribution in [0.15, 0.2) is 30.3 Å². The molecule has 1 aromatic carbocycles. The monoisotopic (exact) mass is 275 g/mol. The van der Waals surface area contributed by atoms with Crippen molar-refractivity contribution in [1.82, 2.24) is 4.90 Å². The van der Waals surface area contributed by atoms with Gasteiger partial charge in [0, 0.05) is 32.5 Å². The molecule has 2 aliphatic rings. The Hall–Kier alpha value is -0.900. The fraction of sp³-hybridized carbons (Fsp3) is 0.647. The van der Waals surface area contributed by atoms with E-state index in [0.29, 0.717) is 6.10 Å². The third-order valence-electron chi connectivity index (χ3n) is 4.55. The molecule has 2 fully saturated rings. The number of hydrogen-bond acceptors (Lipinski definition) is 3. The summed E-state index contributed by atoms with van der Waals surface area (Å²) in [5, 5.41) is 0. The molecule has 3 nitrogen and oxygen atoms in total. The van der Waals surface area contributed by atoms with E-state index in [9.17, 15) is 0 Å². The maximum absolute atomic E-state index is 6.10. The van der Waals surface area contributed by atoms with Crippen LogP contribution in [0, 0.1) is 0 Å². The molecule has 2 heterocycles. The van der Waals surface area contributed by atoms with Gasteiger partial charge in [0.15, 0.2) is 5.79 Å². The van der Waals surface area contributed by atoms with Crippen molar-refractivity contribution < 1.29 is 9.47 Å². The lowest BCUT2D eigenvalue weighted by atomic mass is 10.0. The Bertz CT molecular complexity index is 412. The van der Waals surface area contributed by atoms with Crippen LogP contribution in [0.5, 0.6) is 0 Å². The molecule has 2 saturated heterocycles. The second kappa shape index (κ2) is 6.25. The van der Waals surface area contributed by atoms with Crippen LogP contribution in [0.3, 0.4) is 0 Å². The van der Waals surface area contributed by atoms with Crippen molar-refractivity contribution in [2.24, 2.45) is 0 Å². The molecular weight excluding hydrogens is 250 g/mol. The van der Waals surface area contributed by atoms with Crippen molar-refractivity contribution in [2.45, 2.75) is 44.5 Å². The third-order valence-corrected chi connectivity index (χ3v) is 4.55. The van der Waals surface area contributed by atoms with E-state index < -0.39 is 0 Å². The molecule has 1 unspecified atom stereocenters. The second-order valence-electron chi connectivity index (χ2n) is 5.95. The van der Waals surface area contributed by atoms with E-state index >= 15 is 0 Å². The Morgan fingerprint density at radius 1 is 1.20 bits per heavy atom. The largest absolute Gasteiger partial charge is 0.347 e. The first kappa shape index (κ1) is 14.1. The number of likely N-dealkylation sites (tertiary alicyclic amines) is 1. The van der Waals surface area contributed by atoms with Crippen LogP contribution in [0.1, 0.15) is 31.7 Å². The zero-order chi connectivity index (χ0) is 13.8. The number of ether oxygens (including phenoxy) is 2. The predicted molar refractivity (Wildman–Crippen MR) is 79.7 cm³/mol. The van der Waals surface area contributed by atoms with Crippen molar-refractivity contribution in [1.29, 1.82) is 0 Å². The fourth-order valence-electron chi connectivity index (χ4n) is 3.13. The maximum Gasteiger partial charge on any atom is 0.171 e. The topological polar surface area (TPSA) is 21.7 Å². The lowest BCUT2D eigenvalue weighted by Crippen LogP contribution is -2.45. The van der Waals surface area contributed by atoms with Crippen LogP contribution >= 0.6 is 0 Å². The normalized spacial score (nSPS) is 26.1. The predicted octanol–water partition coefficient (Wildman–Crippen LogP) is 2.85. The summed E-state index contributed by atoms with van der Waals surface area (Å²) in [6, 6.07) is 10.7. The summed E-state index contributed by atoms with van der Waals surface area (Å²) in [6.07, 6.45) is 4.52. The molecule has 3 rings (SSSR count). The molecule has 3 heteroatoms. The van der Waals surface area contributed by atoms with Crippen molar-refractivity contribution in [2.75, 3.05) is 26.2 Å². The lowest BCUT2D eigenvalue weighted by Gasteiger charge is -2.38. The van der Waals surface area contributed by atoms with Gasteiger partial charge in [0.1, 0.15) is 0 Å². The van der Waals surface area contributed by atoms with Gasteiger partial charge in [-0.25, -0.2) is 0 Å². The summed E-state index contributed by atoms with van der Waals surface area (Å²) < 4.78 is 12.0. The summed E-state index contributed by atoms with van der Waals surface area (Å²) in [7, 11) is 0. The van der Waals surface area contributed by atoms with Gasteiger partial charge in [-0.15, -0.1) is 0 Å². The smallest absolute Gasteiger partial charge is 0.171 e. The van der Waals surface area contributed by atoms with Crippen molar-refractivity contribution in [3.05, 3.63) is 35.9 Å². The Balaban J connectivity index is 1.45. The SMILES string of the molecule is CCC1COC2(CCN(CCc3ccccc3)CC2)O1. The fourth-order valence-corrected chi connectivity index (χ4v) is 3.13. The molecule has 0 N–H and O–H groups in total. The first-order valence-corrected chi connectivity index (χ1v) is 7.88. The summed E-state index contributed by atoms with van der Waals surface area (Å²) in [6.45, 7) is 6.26. The average Bonchev–Trinajstić information content (AvgIpc) is 2.91. The summed E-state index contributed by atoms with van der Waals surface area (Å²) in [4.78, 5) is 2.53. The molecule has 0 bridgehead atoms. The minimum absolute atomic E-state index is 0.260. The van der Waals surface area contributed by atoms with E-state index in [2.05, 4.69) is 42.2 Å². The highest BCUT2D eigenvalue weighted by Gasteiger charge is 2.43. The van der Waals surface area contributed by atoms with Crippen LogP contribution in [-0.2, 0) is 15.9 Å². The van der Waals surface area contributed by atoms with Gasteiger partial charge >= 0.3 is 0 Å². The Kier molecular flexibility index (Phi) is 4.39. The van der Waals surface area contributed by atoms with Crippen molar-refractivity contribution in [3.8, 4) is 0 Å². The number of hydrogen-bond donors (Lipinski definition) is 0. The molecule has 0 radical (unpaired) electrons. The van der Waals surface area contributed by atoms with Crippen molar-refractivity contribution in [3.63, 3.8) is 0 Å². The molecule has 1 aromatic rings. The quantitative estimate of drug-likeness (QED) is 0.843. The van der Waals surface area contributed by atoms with Gasteiger partial charge < -0.3 is 14.4 Å². The van der Waals surface area contributed by atoms with Gasteiger partial charge in [-0.05, 0) is 18.4 Å². The highest BCUT2D eigenvalue weighted by atomic mass is 16.7. The average molecular weight is 275 g/mol. The van der Waals surface area contributed by atoms with Crippen LogP contribution in [0.4, 0.5) is 0 Å². The Morgan fingerprint density at radius 2 is 1.95 bits per heavy atom. The van der Waals surface area contributed by atoms with Gasteiger partial charge in [-0.2, -0.15) is 0 Å². The molecule has 20 heavy (non-hydrogen) atoms. The first-order valence-electron chi connectivity index (χ1n) is 7.88. The minimum atomic E-state index is -0.260. The Labute approximate surface area is 121 Å². The standard InChI is InChI=1S/C17H25NO2/c1-2-16-14-19-17(20-16)9-12-18(13-10-17)11-8-15-6-4-3-5-7-15/h3-7,16H,2,8-14H2,1H3. The number of benzene rings is 1. The van der Waals surface area contributed by atoms with Crippen LogP contribution in [-0.4, -0.2) is 43.0 Å². The van der Waals surface area contributed by atoms with Gasteiger partial charge in [0.25, 0.3) is 0 Å². The zero-order valence-electron chi connectivity index (χ0n) is 12.4. The summed E-state index contributed by atoms with van der Waals surface area (Å²) >= 11 is 0. The van der Waals surface area contributed by atoms with E-state index in [1.54, 1.807) is 0 Å². The molecule has 2 aliphatic heterocycles. The molecule has 0 aromatic heterocycles. The van der Waals surface area contributed by atoms with E-state index in [1.807, 2.05) is 0 Å². The number of nitrogens with zero attached hydrogens (tertiary/aromatic N) is 1. The maximum atomic E-state index is 6.10. The lowest BCUT2D eigenvalue weighted by molar-refractivity contribution is -0.194. The molecule has 1 atom stereocenters. The van der Waals surface area contributed by atoms with Gasteiger partial charge in [0.2, 0.25) is 0 Å². The molecule has 1 spiro atoms. The van der Waals surface area contributed by atoms with Gasteiger partial charge in [-0.3, -0.25) is 0 Å². The highest BCUT2D eigenvalue weighted by molar-refractivity contribution is 5.14. The van der Waals surface area contributed by atoms with Gasteiger partial charge in [0.05, 0.1) is 12.7 Å². The molecular formula is C17H25NO2. The molecule has 0 saturated carbocycles. The van der Waals surface area contributed by atoms with E-state index in [0.717, 1.165) is 51.9 Å². The van der Waals surface area contributed by atoms with Gasteiger partial charge in [-0.1, -0.05) is 37.3 Å². The summed E-state index contributed by atoms with van der Waals surface area (Å²) in [5.41, 5.74) is 1.42. The van der Waals surface area contributed by atoms with Crippen molar-refractivity contribution >= 4 is 0 Å². The molecule has 0 amide bonds. The van der Waals surface area contributed by atoms with Crippen LogP contribution in [0.25, 0.3) is 0 Å². The van der Waals surface area contributed by atoms with E-state index in [-0.39, 0.29) is 5.79 Å².